The second-order valence-corrected chi connectivity index (χ2v) is 5.89. The minimum Gasteiger partial charge on any atom is -0.392 e. The molecule has 0 aromatic heterocycles. The van der Waals surface area contributed by atoms with Crippen LogP contribution in [0.3, 0.4) is 0 Å². The Kier molecular flexibility index (Phi) is 3.93. The zero-order chi connectivity index (χ0) is 13.9. The molecule has 1 unspecified atom stereocenters. The summed E-state index contributed by atoms with van der Waals surface area (Å²) in [5.41, 5.74) is 5.59. The number of para-hydroxylation sites is 1. The van der Waals surface area contributed by atoms with Crippen LogP contribution in [0.15, 0.2) is 41.5 Å². The Balaban J connectivity index is 1.94. The Morgan fingerprint density at radius 3 is 3.00 bits per heavy atom. The number of anilines is 1. The van der Waals surface area contributed by atoms with Crippen molar-refractivity contribution in [3.8, 4) is 0 Å². The third kappa shape index (κ3) is 2.53. The van der Waals surface area contributed by atoms with E-state index in [0.29, 0.717) is 5.92 Å². The predicted octanol–water partition coefficient (Wildman–Crippen LogP) is 3.63. The molecule has 0 bridgehead atoms. The smallest absolute Gasteiger partial charge is 0.0615 e. The standard InChI is InChI=1S/C18H23NO/c1-19-13-16(12-15-7-3-5-9-18(15)19)17-8-4-2-6-14(17)10-11-20/h3,5,7,9-10,12,17,20H,2,4,6,8,11,13H2,1H3. The van der Waals surface area contributed by atoms with E-state index in [1.165, 1.54) is 41.7 Å². The second-order valence-electron chi connectivity index (χ2n) is 5.89. The van der Waals surface area contributed by atoms with E-state index < -0.39 is 0 Å². The molecular formula is C18H23NO. The van der Waals surface area contributed by atoms with Gasteiger partial charge in [-0.1, -0.05) is 42.3 Å². The van der Waals surface area contributed by atoms with Crippen molar-refractivity contribution < 1.29 is 5.11 Å². The molecule has 106 valence electrons. The summed E-state index contributed by atoms with van der Waals surface area (Å²) in [6, 6.07) is 8.60. The van der Waals surface area contributed by atoms with Crippen LogP contribution in [0.1, 0.15) is 31.2 Å². The van der Waals surface area contributed by atoms with Crippen LogP contribution in [0.4, 0.5) is 5.69 Å². The van der Waals surface area contributed by atoms with Gasteiger partial charge in [0.15, 0.2) is 0 Å². The van der Waals surface area contributed by atoms with Crippen molar-refractivity contribution in [2.24, 2.45) is 5.92 Å². The summed E-state index contributed by atoms with van der Waals surface area (Å²) in [4.78, 5) is 2.34. The van der Waals surface area contributed by atoms with Crippen molar-refractivity contribution in [2.45, 2.75) is 25.7 Å². The highest BCUT2D eigenvalue weighted by Crippen LogP contribution is 2.39. The van der Waals surface area contributed by atoms with Gasteiger partial charge < -0.3 is 10.0 Å². The van der Waals surface area contributed by atoms with Crippen LogP contribution in [0, 0.1) is 5.92 Å². The Morgan fingerprint density at radius 1 is 1.30 bits per heavy atom. The number of hydrogen-bond acceptors (Lipinski definition) is 2. The van der Waals surface area contributed by atoms with Gasteiger partial charge in [-0.05, 0) is 36.5 Å². The summed E-state index contributed by atoms with van der Waals surface area (Å²) in [5.74, 6) is 0.534. The predicted molar refractivity (Wildman–Crippen MR) is 84.8 cm³/mol. The van der Waals surface area contributed by atoms with E-state index in [1.807, 2.05) is 6.08 Å². The molecule has 0 amide bonds. The summed E-state index contributed by atoms with van der Waals surface area (Å²) >= 11 is 0. The van der Waals surface area contributed by atoms with E-state index in [-0.39, 0.29) is 6.61 Å². The largest absolute Gasteiger partial charge is 0.392 e. The Morgan fingerprint density at radius 2 is 2.15 bits per heavy atom. The first-order valence-electron chi connectivity index (χ1n) is 7.60. The first kappa shape index (κ1) is 13.4. The maximum absolute atomic E-state index is 9.24. The van der Waals surface area contributed by atoms with Gasteiger partial charge in [-0.2, -0.15) is 0 Å². The number of hydrogen-bond donors (Lipinski definition) is 1. The molecule has 2 aliphatic rings. The normalized spacial score (nSPS) is 24.5. The Bertz CT molecular complexity index is 544. The zero-order valence-electron chi connectivity index (χ0n) is 12.2. The number of likely N-dealkylation sites (N-methyl/N-ethyl adjacent to an activating group) is 1. The maximum Gasteiger partial charge on any atom is 0.0615 e. The van der Waals surface area contributed by atoms with E-state index in [2.05, 4.69) is 42.3 Å². The number of aliphatic hydroxyl groups is 1. The van der Waals surface area contributed by atoms with Gasteiger partial charge in [0.2, 0.25) is 0 Å². The molecule has 2 heteroatoms. The third-order valence-electron chi connectivity index (χ3n) is 4.57. The van der Waals surface area contributed by atoms with E-state index in [1.54, 1.807) is 0 Å². The fraction of sp³-hybridized carbons (Fsp3) is 0.444. The van der Waals surface area contributed by atoms with Crippen molar-refractivity contribution in [3.63, 3.8) is 0 Å². The van der Waals surface area contributed by atoms with E-state index >= 15 is 0 Å². The highest BCUT2D eigenvalue weighted by molar-refractivity contribution is 5.73. The molecule has 1 fully saturated rings. The average molecular weight is 269 g/mol. The number of aliphatic hydroxyl groups excluding tert-OH is 1. The van der Waals surface area contributed by atoms with Crippen molar-refractivity contribution in [3.05, 3.63) is 47.1 Å². The molecule has 2 nitrogen and oxygen atoms in total. The van der Waals surface area contributed by atoms with Crippen LogP contribution in [-0.4, -0.2) is 25.3 Å². The molecule has 3 rings (SSSR count). The number of fused-ring (bicyclic) bond motifs is 1. The minimum atomic E-state index is 0.172. The number of rotatable bonds is 2. The van der Waals surface area contributed by atoms with Gasteiger partial charge in [-0.15, -0.1) is 0 Å². The van der Waals surface area contributed by atoms with Crippen molar-refractivity contribution in [1.82, 2.24) is 0 Å². The summed E-state index contributed by atoms with van der Waals surface area (Å²) in [5, 5.41) is 9.24. The summed E-state index contributed by atoms with van der Waals surface area (Å²) < 4.78 is 0. The summed E-state index contributed by atoms with van der Waals surface area (Å²) in [7, 11) is 2.17. The minimum absolute atomic E-state index is 0.172. The molecular weight excluding hydrogens is 246 g/mol. The topological polar surface area (TPSA) is 23.5 Å². The van der Waals surface area contributed by atoms with E-state index in [4.69, 9.17) is 0 Å². The van der Waals surface area contributed by atoms with Crippen molar-refractivity contribution >= 4 is 11.8 Å². The molecule has 1 heterocycles. The fourth-order valence-electron chi connectivity index (χ4n) is 3.59. The molecule has 1 atom stereocenters. The SMILES string of the molecule is CN1CC(C2CCCCC2=CCO)=Cc2ccccc21. The van der Waals surface area contributed by atoms with Gasteiger partial charge in [0, 0.05) is 25.2 Å². The lowest BCUT2D eigenvalue weighted by atomic mass is 9.77. The molecule has 0 radical (unpaired) electrons. The molecule has 1 aliphatic carbocycles. The quantitative estimate of drug-likeness (QED) is 0.829. The molecule has 1 N–H and O–H groups in total. The molecule has 1 saturated carbocycles. The van der Waals surface area contributed by atoms with Gasteiger partial charge in [-0.25, -0.2) is 0 Å². The molecule has 0 spiro atoms. The van der Waals surface area contributed by atoms with Gasteiger partial charge in [0.25, 0.3) is 0 Å². The van der Waals surface area contributed by atoms with Gasteiger partial charge in [0.05, 0.1) is 6.61 Å². The Hall–Kier alpha value is -1.54. The maximum atomic E-state index is 9.24. The second kappa shape index (κ2) is 5.84. The van der Waals surface area contributed by atoms with Crippen LogP contribution in [-0.2, 0) is 0 Å². The zero-order valence-corrected chi connectivity index (χ0v) is 12.2. The number of nitrogens with zero attached hydrogens (tertiary/aromatic N) is 1. The summed E-state index contributed by atoms with van der Waals surface area (Å²) in [6.07, 6.45) is 9.35. The summed E-state index contributed by atoms with van der Waals surface area (Å²) in [6.45, 7) is 1.18. The first-order valence-corrected chi connectivity index (χ1v) is 7.60. The fourth-order valence-corrected chi connectivity index (χ4v) is 3.59. The monoisotopic (exact) mass is 269 g/mol. The number of benzene rings is 1. The first-order chi connectivity index (χ1) is 9.79. The molecule has 1 aromatic carbocycles. The van der Waals surface area contributed by atoms with Crippen LogP contribution >= 0.6 is 0 Å². The van der Waals surface area contributed by atoms with Crippen LogP contribution in [0.5, 0.6) is 0 Å². The lowest BCUT2D eigenvalue weighted by Crippen LogP contribution is -2.28. The highest BCUT2D eigenvalue weighted by atomic mass is 16.2. The van der Waals surface area contributed by atoms with Crippen LogP contribution < -0.4 is 4.90 Å². The number of allylic oxidation sites excluding steroid dienone is 1. The molecule has 1 aromatic rings. The van der Waals surface area contributed by atoms with Crippen molar-refractivity contribution in [1.29, 1.82) is 0 Å². The lowest BCUT2D eigenvalue weighted by Gasteiger charge is -2.34. The molecule has 0 saturated heterocycles. The van der Waals surface area contributed by atoms with Gasteiger partial charge >= 0.3 is 0 Å². The Labute approximate surface area is 121 Å². The highest BCUT2D eigenvalue weighted by Gasteiger charge is 2.25. The van der Waals surface area contributed by atoms with Crippen LogP contribution in [0.2, 0.25) is 0 Å². The van der Waals surface area contributed by atoms with Crippen LogP contribution in [0.25, 0.3) is 6.08 Å². The van der Waals surface area contributed by atoms with E-state index in [0.717, 1.165) is 13.0 Å². The third-order valence-corrected chi connectivity index (χ3v) is 4.57. The lowest BCUT2D eigenvalue weighted by molar-refractivity contribution is 0.338. The van der Waals surface area contributed by atoms with E-state index in [9.17, 15) is 5.11 Å². The molecule has 1 aliphatic heterocycles. The van der Waals surface area contributed by atoms with Gasteiger partial charge in [-0.3, -0.25) is 0 Å². The average Bonchev–Trinajstić information content (AvgIpc) is 2.48. The van der Waals surface area contributed by atoms with Crippen molar-refractivity contribution in [2.75, 3.05) is 25.1 Å². The van der Waals surface area contributed by atoms with Gasteiger partial charge in [0.1, 0.15) is 0 Å². The molecule has 20 heavy (non-hydrogen) atoms.